The Hall–Kier alpha value is -1.06. The summed E-state index contributed by atoms with van der Waals surface area (Å²) in [5.74, 6) is 6.01. The van der Waals surface area contributed by atoms with Crippen molar-refractivity contribution in [3.8, 4) is 5.75 Å². The molecule has 0 radical (unpaired) electrons. The Morgan fingerprint density at radius 2 is 2.11 bits per heavy atom. The minimum absolute atomic E-state index is 0.0658. The van der Waals surface area contributed by atoms with Gasteiger partial charge in [-0.25, -0.2) is 0 Å². The second kappa shape index (κ2) is 4.11. The molecule has 1 aromatic carbocycles. The van der Waals surface area contributed by atoms with Gasteiger partial charge in [-0.05, 0) is 67.2 Å². The highest BCUT2D eigenvalue weighted by molar-refractivity contribution is 5.52. The number of methoxy groups -OCH3 is 1. The lowest BCUT2D eigenvalue weighted by atomic mass is 9.55. The monoisotopic (exact) mass is 364 g/mol. The molecule has 1 N–H and O–H groups in total. The highest BCUT2D eigenvalue weighted by Crippen LogP contribution is 2.84. The van der Waals surface area contributed by atoms with E-state index >= 15 is 0 Å². The minimum atomic E-state index is -0.0658. The van der Waals surface area contributed by atoms with E-state index in [1.54, 1.807) is 18.2 Å². The van der Waals surface area contributed by atoms with Crippen LogP contribution in [0.25, 0.3) is 0 Å². The molecule has 3 nitrogen and oxygen atoms in total. The van der Waals surface area contributed by atoms with Crippen molar-refractivity contribution in [1.82, 2.24) is 0 Å². The van der Waals surface area contributed by atoms with Gasteiger partial charge in [0, 0.05) is 29.1 Å². The molecule has 2 saturated heterocycles. The van der Waals surface area contributed by atoms with Gasteiger partial charge in [0.2, 0.25) is 0 Å². The number of quaternary nitrogens is 1. The van der Waals surface area contributed by atoms with Crippen molar-refractivity contribution in [1.29, 1.82) is 0 Å². The third-order valence-corrected chi connectivity index (χ3v) is 10.7. The lowest BCUT2D eigenvalue weighted by Crippen LogP contribution is -2.56. The van der Waals surface area contributed by atoms with Crippen LogP contribution in [0, 0.1) is 35.5 Å². The van der Waals surface area contributed by atoms with Gasteiger partial charge in [-0.15, -0.1) is 0 Å². The van der Waals surface area contributed by atoms with Crippen LogP contribution in [-0.2, 0) is 11.8 Å². The van der Waals surface area contributed by atoms with Crippen LogP contribution in [0.15, 0.2) is 18.2 Å². The third kappa shape index (κ3) is 1.40. The summed E-state index contributed by atoms with van der Waals surface area (Å²) in [5.41, 5.74) is 4.01. The molecular weight excluding hydrogens is 334 g/mol. The maximum Gasteiger partial charge on any atom is 0.156 e. The molecule has 8 rings (SSSR count). The summed E-state index contributed by atoms with van der Waals surface area (Å²) in [7, 11) is 1.80. The molecule has 3 heteroatoms. The van der Waals surface area contributed by atoms with Gasteiger partial charge in [0.15, 0.2) is 5.54 Å². The predicted molar refractivity (Wildman–Crippen MR) is 101 cm³/mol. The summed E-state index contributed by atoms with van der Waals surface area (Å²) >= 11 is 0. The van der Waals surface area contributed by atoms with Crippen LogP contribution in [0.3, 0.4) is 0 Å². The second-order valence-corrected chi connectivity index (χ2v) is 11.4. The topological polar surface area (TPSA) is 29.5 Å². The number of ether oxygens (including phenoxy) is 1. The molecule has 2 aliphatic heterocycles. The highest BCUT2D eigenvalue weighted by atomic mass is 16.5. The molecule has 2 spiro atoms. The minimum Gasteiger partial charge on any atom is -0.497 e. The van der Waals surface area contributed by atoms with Crippen LogP contribution in [-0.4, -0.2) is 48.0 Å². The first-order chi connectivity index (χ1) is 13.1. The number of piperidine rings is 2. The van der Waals surface area contributed by atoms with E-state index in [2.05, 4.69) is 18.2 Å². The first kappa shape index (κ1) is 14.9. The van der Waals surface area contributed by atoms with Crippen LogP contribution in [0.2, 0.25) is 0 Å². The van der Waals surface area contributed by atoms with Crippen molar-refractivity contribution in [2.75, 3.05) is 26.7 Å². The average molecular weight is 365 g/mol. The van der Waals surface area contributed by atoms with E-state index in [0.29, 0.717) is 11.5 Å². The lowest BCUT2D eigenvalue weighted by Gasteiger charge is -2.50. The Labute approximate surface area is 161 Å². The smallest absolute Gasteiger partial charge is 0.156 e. The van der Waals surface area contributed by atoms with Crippen molar-refractivity contribution >= 4 is 0 Å². The molecule has 4 saturated carbocycles. The lowest BCUT2D eigenvalue weighted by molar-refractivity contribution is -0.832. The fourth-order valence-corrected chi connectivity index (χ4v) is 9.85. The summed E-state index contributed by atoms with van der Waals surface area (Å²) in [5, 5.41) is 11.0. The van der Waals surface area contributed by atoms with Crippen molar-refractivity contribution in [3.05, 3.63) is 29.3 Å². The molecule has 1 aromatic rings. The Kier molecular flexibility index (Phi) is 2.27. The number of fused-ring (bicyclic) bond motifs is 3. The molecule has 27 heavy (non-hydrogen) atoms. The van der Waals surface area contributed by atoms with Crippen molar-refractivity contribution in [3.63, 3.8) is 0 Å². The largest absolute Gasteiger partial charge is 0.497 e. The average Bonchev–Trinajstić information content (AvgIpc) is 3.54. The summed E-state index contributed by atoms with van der Waals surface area (Å²) in [4.78, 5) is 0. The maximum atomic E-state index is 11.0. The van der Waals surface area contributed by atoms with Gasteiger partial charge in [0.25, 0.3) is 0 Å². The third-order valence-electron chi connectivity index (χ3n) is 10.7. The Bertz CT molecular complexity index is 894. The van der Waals surface area contributed by atoms with Gasteiger partial charge in [0.05, 0.1) is 26.3 Å². The van der Waals surface area contributed by atoms with E-state index in [4.69, 9.17) is 4.74 Å². The number of hydrogen-bond acceptors (Lipinski definition) is 2. The number of nitrogens with zero attached hydrogens (tertiary/aromatic N) is 1. The van der Waals surface area contributed by atoms with Crippen molar-refractivity contribution in [2.24, 2.45) is 35.5 Å². The van der Waals surface area contributed by atoms with E-state index in [1.165, 1.54) is 49.8 Å². The number of aliphatic hydroxyl groups excluding tert-OH is 1. The van der Waals surface area contributed by atoms with Crippen LogP contribution in [0.5, 0.6) is 5.75 Å². The van der Waals surface area contributed by atoms with Crippen LogP contribution in [0.1, 0.15) is 36.8 Å². The van der Waals surface area contributed by atoms with E-state index < -0.39 is 0 Å². The Morgan fingerprint density at radius 3 is 2.93 bits per heavy atom. The summed E-state index contributed by atoms with van der Waals surface area (Å²) in [6.45, 7) is 4.37. The molecule has 142 valence electrons. The van der Waals surface area contributed by atoms with E-state index in [1.807, 2.05) is 0 Å². The summed E-state index contributed by atoms with van der Waals surface area (Å²) in [6.07, 6.45) is 6.54. The normalized spacial score (nSPS) is 57.4. The van der Waals surface area contributed by atoms with Crippen molar-refractivity contribution < 1.29 is 14.3 Å². The summed E-state index contributed by atoms with van der Waals surface area (Å²) < 4.78 is 7.15. The standard InChI is InChI=1S/C24H30NO2/c1-27-15-5-4-14-6-19-20-11-25(10-13-2-3-13)12-24(19,25)22-17-8-16(17)21(26)9-23(20,22)18(14)7-15/h4-5,7,13,16-17,19-22,26H,2-3,6,8-12H2,1H3/q+1/t16?,17?,19-,20?,21?,22-,23-,24?,25?/m1/s1. The Morgan fingerprint density at radius 1 is 1.22 bits per heavy atom. The van der Waals surface area contributed by atoms with Crippen LogP contribution in [0.4, 0.5) is 0 Å². The molecular formula is C24H30NO2+. The number of aliphatic hydroxyl groups is 1. The highest BCUT2D eigenvalue weighted by Gasteiger charge is 2.94. The fraction of sp³-hybridized carbons (Fsp3) is 0.750. The quantitative estimate of drug-likeness (QED) is 0.660. The molecule has 6 fully saturated rings. The van der Waals surface area contributed by atoms with Gasteiger partial charge in [-0.2, -0.15) is 0 Å². The zero-order valence-corrected chi connectivity index (χ0v) is 16.2. The van der Waals surface area contributed by atoms with E-state index in [-0.39, 0.29) is 11.5 Å². The van der Waals surface area contributed by atoms with Gasteiger partial charge in [-0.1, -0.05) is 6.07 Å². The van der Waals surface area contributed by atoms with E-state index in [0.717, 1.165) is 41.8 Å². The zero-order valence-electron chi connectivity index (χ0n) is 16.2. The van der Waals surface area contributed by atoms with Gasteiger partial charge in [-0.3, -0.25) is 0 Å². The van der Waals surface area contributed by atoms with Crippen LogP contribution < -0.4 is 4.74 Å². The Balaban J connectivity index is 1.35. The second-order valence-electron chi connectivity index (χ2n) is 11.4. The molecule has 9 atom stereocenters. The first-order valence-corrected chi connectivity index (χ1v) is 11.3. The number of hydrogen-bond donors (Lipinski definition) is 1. The molecule has 7 aliphatic rings. The molecule has 0 amide bonds. The molecule has 6 unspecified atom stereocenters. The van der Waals surface area contributed by atoms with Gasteiger partial charge in [0.1, 0.15) is 12.3 Å². The summed E-state index contributed by atoms with van der Waals surface area (Å²) in [6, 6.07) is 6.92. The van der Waals surface area contributed by atoms with Crippen molar-refractivity contribution in [2.45, 2.75) is 49.2 Å². The molecule has 0 aromatic heterocycles. The SMILES string of the molecule is COc1ccc2c(c1)[C@@]13CC(O)C4CC4[C@H]1C14C[N+]1(CC1CC1)CC3[C@H]4C2. The number of rotatable bonds is 3. The zero-order chi connectivity index (χ0) is 17.8. The molecule has 5 aliphatic carbocycles. The van der Waals surface area contributed by atoms with Gasteiger partial charge >= 0.3 is 0 Å². The van der Waals surface area contributed by atoms with Gasteiger partial charge < -0.3 is 14.3 Å². The molecule has 2 heterocycles. The van der Waals surface area contributed by atoms with Crippen LogP contribution >= 0.6 is 0 Å². The maximum absolute atomic E-state index is 11.0. The number of benzene rings is 1. The first-order valence-electron chi connectivity index (χ1n) is 11.3. The van der Waals surface area contributed by atoms with E-state index in [9.17, 15) is 5.11 Å². The predicted octanol–water partition coefficient (Wildman–Crippen LogP) is 2.74. The fourth-order valence-electron chi connectivity index (χ4n) is 9.85. The molecule has 4 bridgehead atoms.